The lowest BCUT2D eigenvalue weighted by Gasteiger charge is -2.31. The molecule has 0 amide bonds. The van der Waals surface area contributed by atoms with E-state index in [0.717, 1.165) is 57.8 Å². The van der Waals surface area contributed by atoms with Crippen molar-refractivity contribution in [2.24, 2.45) is 0 Å². The van der Waals surface area contributed by atoms with E-state index in [1.54, 1.807) is 0 Å². The molecule has 0 aromatic rings. The molecule has 0 saturated heterocycles. The van der Waals surface area contributed by atoms with Gasteiger partial charge in [-0.2, -0.15) is 0 Å². The molecule has 0 aliphatic carbocycles. The minimum Gasteiger partial charge on any atom is -0.477 e. The maximum absolute atomic E-state index is 12.8. The fourth-order valence-corrected chi connectivity index (χ4v) is 7.29. The summed E-state index contributed by atoms with van der Waals surface area (Å²) in [5.41, 5.74) is 0. The minimum atomic E-state index is -0.889. The van der Waals surface area contributed by atoms with E-state index in [-0.39, 0.29) is 42.7 Å². The number of carboxylic acid groups (broad SMARTS) is 1. The van der Waals surface area contributed by atoms with Crippen LogP contribution in [0.1, 0.15) is 206 Å². The molecular weight excluding hydrogens is 811 g/mol. The Morgan fingerprint density at radius 2 is 0.892 bits per heavy atom. The van der Waals surface area contributed by atoms with E-state index in [1.165, 1.54) is 109 Å². The number of esters is 2. The summed E-state index contributed by atoms with van der Waals surface area (Å²) in [6.07, 6.45) is 62.3. The van der Waals surface area contributed by atoms with Crippen molar-refractivity contribution in [2.75, 3.05) is 41.0 Å². The number of hydrogen-bond acceptors (Lipinski definition) is 6. The normalized spacial score (nSPS) is 13.6. The zero-order valence-electron chi connectivity index (χ0n) is 42.4. The lowest BCUT2D eigenvalue weighted by molar-refractivity contribution is -0.887. The number of rotatable bonds is 46. The summed E-state index contributed by atoms with van der Waals surface area (Å²) in [7, 11) is 5.50. The van der Waals surface area contributed by atoms with Crippen LogP contribution in [0.3, 0.4) is 0 Å². The zero-order valence-corrected chi connectivity index (χ0v) is 42.4. The Bertz CT molecular complexity index is 1330. The van der Waals surface area contributed by atoms with Crippen LogP contribution in [0.25, 0.3) is 0 Å². The predicted molar refractivity (Wildman–Crippen MR) is 275 cm³/mol. The molecule has 0 aromatic heterocycles. The van der Waals surface area contributed by atoms with Gasteiger partial charge in [0.15, 0.2) is 12.1 Å². The van der Waals surface area contributed by atoms with Gasteiger partial charge in [-0.1, -0.05) is 195 Å². The molecule has 0 aromatic carbocycles. The topological polar surface area (TPSA) is 99.1 Å². The monoisotopic (exact) mass is 909 g/mol. The van der Waals surface area contributed by atoms with Crippen molar-refractivity contribution in [2.45, 2.75) is 219 Å². The Kier molecular flexibility index (Phi) is 44.5. The first kappa shape index (κ1) is 61.5. The maximum Gasteiger partial charge on any atom is 0.362 e. The third kappa shape index (κ3) is 45.5. The van der Waals surface area contributed by atoms with Gasteiger partial charge in [-0.3, -0.25) is 9.59 Å². The van der Waals surface area contributed by atoms with Crippen LogP contribution in [0.15, 0.2) is 85.1 Å². The summed E-state index contributed by atoms with van der Waals surface area (Å²) in [4.78, 5) is 37.1. The van der Waals surface area contributed by atoms with Crippen LogP contribution in [-0.4, -0.2) is 80.6 Å². The molecule has 8 nitrogen and oxygen atoms in total. The number of carboxylic acids is 1. The van der Waals surface area contributed by atoms with Gasteiger partial charge < -0.3 is 23.8 Å². The van der Waals surface area contributed by atoms with Crippen molar-refractivity contribution in [3.63, 3.8) is 0 Å². The van der Waals surface area contributed by atoms with Crippen molar-refractivity contribution in [3.05, 3.63) is 85.1 Å². The number of carbonyl (C=O) groups excluding carboxylic acids is 2. The van der Waals surface area contributed by atoms with Gasteiger partial charge in [-0.15, -0.1) is 0 Å². The molecule has 2 atom stereocenters. The van der Waals surface area contributed by atoms with Gasteiger partial charge in [0.1, 0.15) is 6.61 Å². The average molecular weight is 909 g/mol. The molecule has 0 fully saturated rings. The second kappa shape index (κ2) is 47.0. The molecule has 65 heavy (non-hydrogen) atoms. The van der Waals surface area contributed by atoms with Gasteiger partial charge in [0.05, 0.1) is 34.4 Å². The second-order valence-corrected chi connectivity index (χ2v) is 18.4. The first-order valence-electron chi connectivity index (χ1n) is 26.1. The standard InChI is InChI=1S/C57H97NO7/c1-6-8-10-12-14-16-18-20-22-24-26-27-28-30-31-33-35-37-39-41-43-45-47-55(59)64-52-53(51-63-50-49-54(57(61)62)58(3,4)5)65-56(60)48-46-44-42-40-38-36-34-32-29-25-23-21-19-17-15-13-11-9-7-2/h9,11,15,17,21,23,28-30,32,36,38,42,44,53-54H,6-8,10,12-14,16,18-20,22,24-27,31,33-35,37,39-41,43,45-52H2,1-5H3/p+1/b11-9+,17-15+,23-21+,30-28+,32-29+,38-36+,44-42+. The minimum absolute atomic E-state index is 0.0254. The zero-order chi connectivity index (χ0) is 47.7. The quantitative estimate of drug-likeness (QED) is 0.0281. The second-order valence-electron chi connectivity index (χ2n) is 18.4. The molecule has 0 heterocycles. The van der Waals surface area contributed by atoms with E-state index in [4.69, 9.17) is 14.2 Å². The molecule has 372 valence electrons. The predicted octanol–water partition coefficient (Wildman–Crippen LogP) is 15.3. The molecule has 2 unspecified atom stereocenters. The molecule has 0 radical (unpaired) electrons. The first-order valence-corrected chi connectivity index (χ1v) is 26.1. The number of allylic oxidation sites excluding steroid dienone is 14. The molecule has 0 aliphatic rings. The van der Waals surface area contributed by atoms with Crippen LogP contribution in [0.4, 0.5) is 0 Å². The summed E-state index contributed by atoms with van der Waals surface area (Å²) >= 11 is 0. The number of aliphatic carboxylic acids is 1. The Labute approximate surface area is 399 Å². The van der Waals surface area contributed by atoms with Crippen molar-refractivity contribution in [3.8, 4) is 0 Å². The molecule has 8 heteroatoms. The van der Waals surface area contributed by atoms with Crippen LogP contribution in [0.2, 0.25) is 0 Å². The molecule has 0 rings (SSSR count). The average Bonchev–Trinajstić information content (AvgIpc) is 3.27. The number of quaternary nitrogens is 1. The van der Waals surface area contributed by atoms with Crippen LogP contribution in [-0.2, 0) is 28.6 Å². The SMILES string of the molecule is CC/C=C/C/C=C/C/C=C/C/C=C/C/C=C/C/C=C/CCC(=O)OC(COCCC(C(=O)O)[N+](C)(C)C)COC(=O)CCCCCCCCC/C=C/CCCCCCCCCCCCC. The molecular formula is C57H98NO7+. The Morgan fingerprint density at radius 1 is 0.477 bits per heavy atom. The summed E-state index contributed by atoms with van der Waals surface area (Å²) in [6.45, 7) is 4.55. The highest BCUT2D eigenvalue weighted by molar-refractivity contribution is 5.72. The van der Waals surface area contributed by atoms with Crippen molar-refractivity contribution in [1.82, 2.24) is 0 Å². The van der Waals surface area contributed by atoms with Crippen molar-refractivity contribution >= 4 is 17.9 Å². The van der Waals surface area contributed by atoms with Crippen molar-refractivity contribution < 1.29 is 38.2 Å². The van der Waals surface area contributed by atoms with Crippen molar-refractivity contribution in [1.29, 1.82) is 0 Å². The third-order valence-electron chi connectivity index (χ3n) is 11.3. The van der Waals surface area contributed by atoms with E-state index in [2.05, 4.69) is 86.8 Å². The Balaban J connectivity index is 4.34. The number of unbranched alkanes of at least 4 members (excludes halogenated alkanes) is 18. The summed E-state index contributed by atoms with van der Waals surface area (Å²) in [6, 6.07) is -0.633. The molecule has 0 saturated carbocycles. The van der Waals surface area contributed by atoms with Gasteiger partial charge in [0.2, 0.25) is 0 Å². The lowest BCUT2D eigenvalue weighted by Crippen LogP contribution is -2.50. The highest BCUT2D eigenvalue weighted by Gasteiger charge is 2.31. The van der Waals surface area contributed by atoms with E-state index in [9.17, 15) is 19.5 Å². The third-order valence-corrected chi connectivity index (χ3v) is 11.3. The van der Waals surface area contributed by atoms with Crippen LogP contribution in [0.5, 0.6) is 0 Å². The summed E-state index contributed by atoms with van der Waals surface area (Å²) in [5, 5.41) is 9.65. The van der Waals surface area contributed by atoms with E-state index in [0.29, 0.717) is 19.3 Å². The Hall–Kier alpha value is -3.49. The molecule has 0 bridgehead atoms. The number of ether oxygens (including phenoxy) is 3. The number of likely N-dealkylation sites (N-methyl/N-ethyl adjacent to an activating group) is 1. The number of carbonyl (C=O) groups is 3. The number of nitrogens with zero attached hydrogens (tertiary/aromatic N) is 1. The van der Waals surface area contributed by atoms with Gasteiger partial charge in [0, 0.05) is 19.3 Å². The maximum atomic E-state index is 12.8. The van der Waals surface area contributed by atoms with Crippen LogP contribution >= 0.6 is 0 Å². The van der Waals surface area contributed by atoms with E-state index in [1.807, 2.05) is 33.3 Å². The van der Waals surface area contributed by atoms with Gasteiger partial charge >= 0.3 is 17.9 Å². The van der Waals surface area contributed by atoms with Gasteiger partial charge in [-0.25, -0.2) is 4.79 Å². The fraction of sp³-hybridized carbons (Fsp3) is 0.702. The molecule has 0 aliphatic heterocycles. The largest absolute Gasteiger partial charge is 0.477 e. The summed E-state index contributed by atoms with van der Waals surface area (Å²) in [5.74, 6) is -1.58. The Morgan fingerprint density at radius 3 is 1.34 bits per heavy atom. The van der Waals surface area contributed by atoms with E-state index >= 15 is 0 Å². The van der Waals surface area contributed by atoms with E-state index < -0.39 is 18.1 Å². The lowest BCUT2D eigenvalue weighted by atomic mass is 10.0. The molecule has 0 spiro atoms. The number of hydrogen-bond donors (Lipinski definition) is 1. The van der Waals surface area contributed by atoms with Crippen LogP contribution < -0.4 is 0 Å². The fourth-order valence-electron chi connectivity index (χ4n) is 7.29. The first-order chi connectivity index (χ1) is 31.6. The van der Waals surface area contributed by atoms with Crippen LogP contribution in [0, 0.1) is 0 Å². The highest BCUT2D eigenvalue weighted by atomic mass is 16.6. The summed E-state index contributed by atoms with van der Waals surface area (Å²) < 4.78 is 17.3. The highest BCUT2D eigenvalue weighted by Crippen LogP contribution is 2.14. The smallest absolute Gasteiger partial charge is 0.362 e. The van der Waals surface area contributed by atoms with Gasteiger partial charge in [-0.05, 0) is 77.0 Å². The molecule has 1 N–H and O–H groups in total. The van der Waals surface area contributed by atoms with Gasteiger partial charge in [0.25, 0.3) is 0 Å².